The van der Waals surface area contributed by atoms with Crippen LogP contribution in [0.3, 0.4) is 0 Å². The highest BCUT2D eigenvalue weighted by atomic mass is 32.2. The maximum absolute atomic E-state index is 13.2. The zero-order valence-electron chi connectivity index (χ0n) is 19.8. The number of anilines is 1. The SMILES string of the molecule is C[C@H]1CCCCN1CCCNC(=O)c1cc(S(=O)(=O)N2CCOCC2)ccc1N1CCCC1. The van der Waals surface area contributed by atoms with Crippen molar-refractivity contribution in [1.29, 1.82) is 0 Å². The molecule has 1 amide bonds. The Morgan fingerprint density at radius 3 is 2.52 bits per heavy atom. The molecule has 0 bridgehead atoms. The monoisotopic (exact) mass is 478 g/mol. The van der Waals surface area contributed by atoms with E-state index in [-0.39, 0.29) is 10.8 Å². The lowest BCUT2D eigenvalue weighted by Crippen LogP contribution is -2.40. The number of piperidine rings is 1. The predicted octanol–water partition coefficient (Wildman–Crippen LogP) is 2.30. The third kappa shape index (κ3) is 5.88. The number of carbonyl (C=O) groups is 1. The Balaban J connectivity index is 1.46. The highest BCUT2D eigenvalue weighted by molar-refractivity contribution is 7.89. The van der Waals surface area contributed by atoms with Gasteiger partial charge in [0.05, 0.1) is 23.7 Å². The second-order valence-electron chi connectivity index (χ2n) is 9.38. The van der Waals surface area contributed by atoms with Gasteiger partial charge in [0.2, 0.25) is 10.0 Å². The van der Waals surface area contributed by atoms with Crippen LogP contribution in [0.2, 0.25) is 0 Å². The van der Waals surface area contributed by atoms with Crippen LogP contribution in [0.1, 0.15) is 55.8 Å². The molecule has 0 radical (unpaired) electrons. The molecule has 3 aliphatic heterocycles. The molecule has 3 aliphatic rings. The first-order valence-corrected chi connectivity index (χ1v) is 13.9. The van der Waals surface area contributed by atoms with Crippen LogP contribution in [0, 0.1) is 0 Å². The normalized spacial score (nSPS) is 23.1. The van der Waals surface area contributed by atoms with Crippen LogP contribution in [0.4, 0.5) is 5.69 Å². The topological polar surface area (TPSA) is 82.2 Å². The number of ether oxygens (including phenoxy) is 1. The predicted molar refractivity (Wildman–Crippen MR) is 129 cm³/mol. The van der Waals surface area contributed by atoms with Crippen LogP contribution in [0.5, 0.6) is 0 Å². The molecular formula is C24H38N4O4S. The number of hydrogen-bond acceptors (Lipinski definition) is 6. The van der Waals surface area contributed by atoms with Gasteiger partial charge in [-0.25, -0.2) is 8.42 Å². The summed E-state index contributed by atoms with van der Waals surface area (Å²) in [5.74, 6) is -0.192. The van der Waals surface area contributed by atoms with Gasteiger partial charge < -0.3 is 19.9 Å². The number of likely N-dealkylation sites (tertiary alicyclic amines) is 1. The first-order chi connectivity index (χ1) is 16.0. The highest BCUT2D eigenvalue weighted by Crippen LogP contribution is 2.29. The molecule has 4 rings (SSSR count). The van der Waals surface area contributed by atoms with E-state index in [1.165, 1.54) is 23.6 Å². The van der Waals surface area contributed by atoms with Crippen molar-refractivity contribution in [3.63, 3.8) is 0 Å². The number of rotatable bonds is 8. The van der Waals surface area contributed by atoms with Crippen LogP contribution in [0.15, 0.2) is 23.1 Å². The number of sulfonamides is 1. The minimum atomic E-state index is -3.66. The summed E-state index contributed by atoms with van der Waals surface area (Å²) in [6.07, 6.45) is 6.86. The number of amides is 1. The molecular weight excluding hydrogens is 440 g/mol. The molecule has 8 nitrogen and oxygen atoms in total. The second-order valence-corrected chi connectivity index (χ2v) is 11.3. The molecule has 33 heavy (non-hydrogen) atoms. The smallest absolute Gasteiger partial charge is 0.253 e. The van der Waals surface area contributed by atoms with Crippen molar-refractivity contribution in [2.45, 2.75) is 56.4 Å². The molecule has 3 saturated heterocycles. The molecule has 0 saturated carbocycles. The van der Waals surface area contributed by atoms with E-state index in [0.29, 0.717) is 44.5 Å². The fourth-order valence-electron chi connectivity index (χ4n) is 5.10. The third-order valence-electron chi connectivity index (χ3n) is 7.12. The largest absolute Gasteiger partial charge is 0.379 e. The van der Waals surface area contributed by atoms with Crippen molar-refractivity contribution in [3.05, 3.63) is 23.8 Å². The number of nitrogens with one attached hydrogen (secondary N) is 1. The van der Waals surface area contributed by atoms with Gasteiger partial charge in [0.1, 0.15) is 0 Å². The lowest BCUT2D eigenvalue weighted by Gasteiger charge is -2.33. The van der Waals surface area contributed by atoms with Gasteiger partial charge in [-0.2, -0.15) is 4.31 Å². The van der Waals surface area contributed by atoms with Crippen molar-refractivity contribution in [2.24, 2.45) is 0 Å². The number of carbonyl (C=O) groups excluding carboxylic acids is 1. The summed E-state index contributed by atoms with van der Waals surface area (Å²) in [7, 11) is -3.66. The van der Waals surface area contributed by atoms with Crippen LogP contribution >= 0.6 is 0 Å². The van der Waals surface area contributed by atoms with E-state index in [4.69, 9.17) is 4.74 Å². The zero-order valence-corrected chi connectivity index (χ0v) is 20.6. The fourth-order valence-corrected chi connectivity index (χ4v) is 6.53. The van der Waals surface area contributed by atoms with Crippen molar-refractivity contribution < 1.29 is 17.9 Å². The Morgan fingerprint density at radius 2 is 1.79 bits per heavy atom. The summed E-state index contributed by atoms with van der Waals surface area (Å²) < 4.78 is 33.1. The van der Waals surface area contributed by atoms with Gasteiger partial charge in [-0.1, -0.05) is 6.42 Å². The van der Waals surface area contributed by atoms with E-state index in [1.807, 2.05) is 6.07 Å². The molecule has 0 unspecified atom stereocenters. The number of hydrogen-bond donors (Lipinski definition) is 1. The molecule has 1 aromatic rings. The quantitative estimate of drug-likeness (QED) is 0.578. The van der Waals surface area contributed by atoms with Crippen molar-refractivity contribution in [2.75, 3.05) is 63.9 Å². The Bertz CT molecular complexity index is 911. The van der Waals surface area contributed by atoms with E-state index < -0.39 is 10.0 Å². The summed E-state index contributed by atoms with van der Waals surface area (Å²) in [6, 6.07) is 5.63. The maximum Gasteiger partial charge on any atom is 0.253 e. The summed E-state index contributed by atoms with van der Waals surface area (Å²) >= 11 is 0. The van der Waals surface area contributed by atoms with E-state index in [1.54, 1.807) is 12.1 Å². The molecule has 0 aliphatic carbocycles. The highest BCUT2D eigenvalue weighted by Gasteiger charge is 2.29. The van der Waals surface area contributed by atoms with E-state index in [0.717, 1.165) is 51.1 Å². The van der Waals surface area contributed by atoms with Crippen LogP contribution in [0.25, 0.3) is 0 Å². The van der Waals surface area contributed by atoms with Gasteiger partial charge in [-0.05, 0) is 63.8 Å². The number of morpholine rings is 1. The van der Waals surface area contributed by atoms with Gasteiger partial charge in [0, 0.05) is 51.0 Å². The van der Waals surface area contributed by atoms with Gasteiger partial charge in [0.15, 0.2) is 0 Å². The minimum absolute atomic E-state index is 0.180. The standard InChI is InChI=1S/C24H38N4O4S/c1-20-7-2-3-11-26(20)14-6-10-25-24(29)22-19-21(8-9-23(22)27-12-4-5-13-27)33(30,31)28-15-17-32-18-16-28/h8-9,19-20H,2-7,10-18H2,1H3,(H,25,29)/t20-/m0/s1. The first-order valence-electron chi connectivity index (χ1n) is 12.5. The molecule has 0 spiro atoms. The summed E-state index contributed by atoms with van der Waals surface area (Å²) in [5.41, 5.74) is 1.29. The van der Waals surface area contributed by atoms with Crippen LogP contribution in [-0.2, 0) is 14.8 Å². The van der Waals surface area contributed by atoms with Crippen LogP contribution in [-0.4, -0.2) is 88.6 Å². The molecule has 184 valence electrons. The van der Waals surface area contributed by atoms with E-state index in [2.05, 4.69) is 22.0 Å². The Hall–Kier alpha value is -1.68. The van der Waals surface area contributed by atoms with Gasteiger partial charge in [0.25, 0.3) is 5.91 Å². The molecule has 9 heteroatoms. The van der Waals surface area contributed by atoms with Crippen molar-refractivity contribution in [3.8, 4) is 0 Å². The molecule has 1 atom stereocenters. The van der Waals surface area contributed by atoms with Crippen molar-refractivity contribution in [1.82, 2.24) is 14.5 Å². The zero-order chi connectivity index (χ0) is 23.3. The third-order valence-corrected chi connectivity index (χ3v) is 9.01. The lowest BCUT2D eigenvalue weighted by atomic mass is 10.0. The van der Waals surface area contributed by atoms with Gasteiger partial charge >= 0.3 is 0 Å². The maximum atomic E-state index is 13.2. The summed E-state index contributed by atoms with van der Waals surface area (Å²) in [4.78, 5) is 18.1. The van der Waals surface area contributed by atoms with E-state index in [9.17, 15) is 13.2 Å². The molecule has 1 N–H and O–H groups in total. The molecule has 0 aromatic heterocycles. The molecule has 3 heterocycles. The average molecular weight is 479 g/mol. The summed E-state index contributed by atoms with van der Waals surface area (Å²) in [6.45, 7) is 8.23. The molecule has 3 fully saturated rings. The van der Waals surface area contributed by atoms with E-state index >= 15 is 0 Å². The van der Waals surface area contributed by atoms with Crippen molar-refractivity contribution >= 4 is 21.6 Å². The Morgan fingerprint density at radius 1 is 1.06 bits per heavy atom. The molecule has 1 aromatic carbocycles. The fraction of sp³-hybridized carbons (Fsp3) is 0.708. The number of benzene rings is 1. The van der Waals surface area contributed by atoms with Crippen LogP contribution < -0.4 is 10.2 Å². The Labute approximate surface area is 198 Å². The second kappa shape index (κ2) is 11.2. The summed E-state index contributed by atoms with van der Waals surface area (Å²) in [5, 5.41) is 3.05. The average Bonchev–Trinajstić information content (AvgIpc) is 3.38. The van der Waals surface area contributed by atoms with Gasteiger partial charge in [-0.15, -0.1) is 0 Å². The Kier molecular flexibility index (Phi) is 8.27. The minimum Gasteiger partial charge on any atom is -0.379 e. The lowest BCUT2D eigenvalue weighted by molar-refractivity contribution is 0.0730. The van der Waals surface area contributed by atoms with Gasteiger partial charge in [-0.3, -0.25) is 4.79 Å². The number of nitrogens with zero attached hydrogens (tertiary/aromatic N) is 3. The first kappa shape index (κ1) is 24.4.